The van der Waals surface area contributed by atoms with Crippen LogP contribution in [-0.4, -0.2) is 22.3 Å². The molecule has 17 heteroatoms. The van der Waals surface area contributed by atoms with E-state index in [0.29, 0.717) is 106 Å². The molecule has 5 aromatic carbocycles. The summed E-state index contributed by atoms with van der Waals surface area (Å²) in [5.74, 6) is 1.53. The van der Waals surface area contributed by atoms with Crippen LogP contribution in [0.1, 0.15) is 90.4 Å². The Balaban J connectivity index is 0.000000497. The van der Waals surface area contributed by atoms with Crippen LogP contribution in [0.5, 0.6) is 11.5 Å². The summed E-state index contributed by atoms with van der Waals surface area (Å²) in [7, 11) is 0. The van der Waals surface area contributed by atoms with Crippen molar-refractivity contribution >= 4 is 168 Å². The van der Waals surface area contributed by atoms with Gasteiger partial charge in [-0.05, 0) is 107 Å². The van der Waals surface area contributed by atoms with Gasteiger partial charge >= 0.3 is 29.6 Å². The van der Waals surface area contributed by atoms with Gasteiger partial charge in [0.15, 0.2) is 12.1 Å². The number of allylic oxidation sites excluding steroid dienone is 1. The van der Waals surface area contributed by atoms with Gasteiger partial charge in [0.25, 0.3) is 0 Å². The minimum absolute atomic E-state index is 0. The predicted octanol–water partition coefficient (Wildman–Crippen LogP) is 14.2. The second kappa shape index (κ2) is 31.2. The summed E-state index contributed by atoms with van der Waals surface area (Å²) in [6.07, 6.45) is 11.4. The number of phenols is 2. The number of ketones is 1. The molecule has 0 bridgehead atoms. The van der Waals surface area contributed by atoms with Crippen LogP contribution in [0.25, 0.3) is 69.4 Å². The summed E-state index contributed by atoms with van der Waals surface area (Å²) in [6, 6.07) is 17.3. The molecular weight excluding hydrogens is 1250 g/mol. The molecular formula is C61H56Br3NaO10S3. The van der Waals surface area contributed by atoms with Gasteiger partial charge in [-0.15, -0.1) is 31.8 Å². The number of Topliss-reactive ketones (excluding diaryl/α,β-unsaturated/α-hetero) is 1. The van der Waals surface area contributed by atoms with Crippen molar-refractivity contribution in [2.24, 2.45) is 0 Å². The SMILES string of the molecule is C=CCC(=O)c1ccc(Br)c(C)c1O.C=Cc1oc2c(C)c(Br)ccc2c(=O)c1C=C.C=Cc1oc2c(C)c(S)c(C=O)cc2c(=O)c1C=C.C=Cc1oc2c(C)c(S)ccc2c(=O)c1C=C.Cc1c(O)cccc1Br.S.[H-].[Na+]. The minimum Gasteiger partial charge on any atom is -1.00 e. The Morgan fingerprint density at radius 3 is 1.44 bits per heavy atom. The first kappa shape index (κ1) is 68.4. The smallest absolute Gasteiger partial charge is 1.00 e. The zero-order valence-corrected chi connectivity index (χ0v) is 53.3. The Kier molecular flexibility index (Phi) is 27.4. The van der Waals surface area contributed by atoms with E-state index in [2.05, 4.69) is 119 Å². The van der Waals surface area contributed by atoms with Crippen LogP contribution in [0, 0.1) is 34.6 Å². The Labute approximate surface area is 519 Å². The van der Waals surface area contributed by atoms with Gasteiger partial charge in [0.05, 0.1) is 38.4 Å². The topological polar surface area (TPSA) is 165 Å². The van der Waals surface area contributed by atoms with E-state index in [1.807, 2.05) is 32.9 Å². The van der Waals surface area contributed by atoms with Crippen molar-refractivity contribution in [3.63, 3.8) is 0 Å². The fourth-order valence-corrected chi connectivity index (χ4v) is 8.60. The standard InChI is InChI=1S/C15H12O3S.C14H11BrO2.C14H12O2S.C11H11BrO2.C7H7BrO.Na.H2S.H/c1-4-10-12(5-2)18-14-8(3)15(19)9(7-16)6-11(14)13(10)17;1-4-9-12(5-2)17-14-8(3)11(15)7-6-10(14)13(9)16;1-4-9-11(5-2)16-14-8(3)12(17)7-6-10(14)13(9)15;1-3-4-10(13)8-5-6-9(12)7(2)11(8)14;1-5-6(8)3-2-4-7(5)9;;;/h4-7,19H,1-2H2,3H3;4-7H,1-2H2,3H3;4-7,17H,1-2H2,3H3;3,5-6,14H,1,4H2,2H3;2-4,9H,1H3;;1H2;/q;;;;;+1;;-1. The van der Waals surface area contributed by atoms with Crippen LogP contribution in [0.15, 0.2) is 164 Å². The van der Waals surface area contributed by atoms with Crippen molar-refractivity contribution in [2.45, 2.75) is 50.8 Å². The van der Waals surface area contributed by atoms with Gasteiger partial charge in [-0.1, -0.05) is 118 Å². The maximum atomic E-state index is 12.4. The van der Waals surface area contributed by atoms with E-state index in [9.17, 15) is 29.1 Å². The molecule has 0 radical (unpaired) electrons. The number of carbonyl (C=O) groups is 2. The summed E-state index contributed by atoms with van der Waals surface area (Å²) < 4.78 is 19.7. The number of hydrogen-bond donors (Lipinski definition) is 4. The van der Waals surface area contributed by atoms with E-state index in [1.165, 1.54) is 48.6 Å². The van der Waals surface area contributed by atoms with Crippen molar-refractivity contribution in [2.75, 3.05) is 0 Å². The number of rotatable bonds is 10. The third kappa shape index (κ3) is 15.4. The number of aryl methyl sites for hydroxylation is 3. The molecule has 0 aliphatic heterocycles. The molecule has 0 atom stereocenters. The predicted molar refractivity (Wildman–Crippen MR) is 342 cm³/mol. The molecule has 3 heterocycles. The van der Waals surface area contributed by atoms with Gasteiger partial charge < -0.3 is 24.9 Å². The van der Waals surface area contributed by atoms with Crippen LogP contribution < -0.4 is 45.8 Å². The maximum Gasteiger partial charge on any atom is 1.00 e. The van der Waals surface area contributed by atoms with Gasteiger partial charge in [-0.2, -0.15) is 13.5 Å². The van der Waals surface area contributed by atoms with Crippen molar-refractivity contribution in [1.29, 1.82) is 0 Å². The molecule has 0 amide bonds. The van der Waals surface area contributed by atoms with Crippen molar-refractivity contribution < 1.29 is 64.0 Å². The largest absolute Gasteiger partial charge is 1.00 e. The molecule has 0 fully saturated rings. The first-order valence-electron chi connectivity index (χ1n) is 22.7. The first-order chi connectivity index (χ1) is 36.0. The molecule has 8 rings (SSSR count). The average molecular weight is 1310 g/mol. The first-order valence-corrected chi connectivity index (χ1v) is 26.0. The molecule has 0 saturated heterocycles. The van der Waals surface area contributed by atoms with E-state index >= 15 is 0 Å². The van der Waals surface area contributed by atoms with E-state index in [4.69, 9.17) is 18.4 Å². The number of aldehydes is 1. The van der Waals surface area contributed by atoms with E-state index in [-0.39, 0.29) is 78.7 Å². The quantitative estimate of drug-likeness (QED) is 0.0340. The molecule has 2 N–H and O–H groups in total. The van der Waals surface area contributed by atoms with Crippen LogP contribution in [0.2, 0.25) is 0 Å². The molecule has 0 saturated carbocycles. The molecule has 3 aromatic heterocycles. The van der Waals surface area contributed by atoms with Gasteiger partial charge in [0, 0.05) is 63.0 Å². The Morgan fingerprint density at radius 2 is 1.00 bits per heavy atom. The third-order valence-electron chi connectivity index (χ3n) is 11.7. The van der Waals surface area contributed by atoms with Crippen LogP contribution in [0.4, 0.5) is 0 Å². The fraction of sp³-hybridized carbons (Fsp3) is 0.0984. The zero-order valence-electron chi connectivity index (χ0n) is 44.7. The molecule has 10 nitrogen and oxygen atoms in total. The van der Waals surface area contributed by atoms with Gasteiger partial charge in [0.1, 0.15) is 45.5 Å². The number of carbonyl (C=O) groups excluding carboxylic acids is 2. The summed E-state index contributed by atoms with van der Waals surface area (Å²) in [4.78, 5) is 60.5. The maximum absolute atomic E-state index is 12.4. The van der Waals surface area contributed by atoms with Gasteiger partial charge in [0.2, 0.25) is 16.3 Å². The molecule has 8 aromatic rings. The third-order valence-corrected chi connectivity index (χ3v) is 15.3. The number of phenolic OH excluding ortho intramolecular Hbond substituents is 2. The average Bonchev–Trinajstić information content (AvgIpc) is 3.41. The molecule has 0 unspecified atom stereocenters. The summed E-state index contributed by atoms with van der Waals surface area (Å²) in [5, 5.41) is 20.2. The van der Waals surface area contributed by atoms with Crippen LogP contribution in [0.3, 0.4) is 0 Å². The molecule has 0 aliphatic carbocycles. The van der Waals surface area contributed by atoms with Crippen LogP contribution >= 0.6 is 86.5 Å². The number of thiol groups is 2. The summed E-state index contributed by atoms with van der Waals surface area (Å²) in [6.45, 7) is 34.4. The van der Waals surface area contributed by atoms with Crippen molar-refractivity contribution in [3.05, 3.63) is 230 Å². The number of halogens is 3. The van der Waals surface area contributed by atoms with E-state index in [0.717, 1.165) is 35.0 Å². The van der Waals surface area contributed by atoms with Crippen LogP contribution in [-0.2, 0) is 0 Å². The molecule has 78 heavy (non-hydrogen) atoms. The summed E-state index contributed by atoms with van der Waals surface area (Å²) in [5.41, 5.74) is 7.08. The monoisotopic (exact) mass is 1300 g/mol. The number of aromatic hydroxyl groups is 2. The van der Waals surface area contributed by atoms with E-state index in [1.54, 1.807) is 56.3 Å². The summed E-state index contributed by atoms with van der Waals surface area (Å²) >= 11 is 18.6. The minimum atomic E-state index is -0.231. The van der Waals surface area contributed by atoms with Gasteiger partial charge in [-0.25, -0.2) is 0 Å². The molecule has 0 aliphatic rings. The second-order valence-electron chi connectivity index (χ2n) is 16.3. The zero-order chi connectivity index (χ0) is 56.9. The van der Waals surface area contributed by atoms with Crippen molar-refractivity contribution in [3.8, 4) is 11.5 Å². The van der Waals surface area contributed by atoms with Crippen molar-refractivity contribution in [1.82, 2.24) is 0 Å². The fourth-order valence-electron chi connectivity index (χ4n) is 7.21. The second-order valence-corrected chi connectivity index (χ2v) is 19.8. The Hall–Kier alpha value is -5.66. The molecule has 400 valence electrons. The number of hydrogen-bond acceptors (Lipinski definition) is 12. The Morgan fingerprint density at radius 1 is 0.577 bits per heavy atom. The number of fused-ring (bicyclic) bond motifs is 3. The van der Waals surface area contributed by atoms with E-state index < -0.39 is 0 Å². The van der Waals surface area contributed by atoms with Gasteiger partial charge in [-0.3, -0.25) is 24.0 Å². The normalized spacial score (nSPS) is 9.97. The Bertz CT molecular complexity index is 3740. The molecule has 0 spiro atoms. The number of benzene rings is 5.